The van der Waals surface area contributed by atoms with Gasteiger partial charge >= 0.3 is 12.2 Å². The van der Waals surface area contributed by atoms with Crippen LogP contribution in [0.3, 0.4) is 0 Å². The number of nitrogens with zero attached hydrogens (tertiary/aromatic N) is 2. The molecule has 2 aromatic carbocycles. The van der Waals surface area contributed by atoms with Crippen LogP contribution < -0.4 is 4.74 Å². The summed E-state index contributed by atoms with van der Waals surface area (Å²) in [7, 11) is 0. The molecule has 7 heteroatoms. The highest BCUT2D eigenvalue weighted by Gasteiger charge is 2.34. The van der Waals surface area contributed by atoms with Crippen LogP contribution in [0.25, 0.3) is 0 Å². The van der Waals surface area contributed by atoms with E-state index in [1.54, 1.807) is 4.90 Å². The van der Waals surface area contributed by atoms with Gasteiger partial charge in [0.1, 0.15) is 24.1 Å². The molecule has 200 valence electrons. The first-order valence-electron chi connectivity index (χ1n) is 13.4. The summed E-state index contributed by atoms with van der Waals surface area (Å²) < 4.78 is 17.5. The van der Waals surface area contributed by atoms with Gasteiger partial charge in [-0.05, 0) is 62.8 Å². The number of amides is 2. The van der Waals surface area contributed by atoms with Gasteiger partial charge in [-0.15, -0.1) is 0 Å². The number of hydrogen-bond donors (Lipinski definition) is 0. The minimum absolute atomic E-state index is 0.0294. The van der Waals surface area contributed by atoms with E-state index in [2.05, 4.69) is 19.1 Å². The molecule has 37 heavy (non-hydrogen) atoms. The molecule has 2 saturated heterocycles. The third kappa shape index (κ3) is 7.63. The summed E-state index contributed by atoms with van der Waals surface area (Å²) in [6.07, 6.45) is 2.94. The molecule has 0 radical (unpaired) electrons. The second kappa shape index (κ2) is 11.9. The number of piperidine rings is 2. The number of ether oxygens (including phenoxy) is 3. The number of carbonyl (C=O) groups is 2. The van der Waals surface area contributed by atoms with Gasteiger partial charge in [-0.25, -0.2) is 9.59 Å². The first-order chi connectivity index (χ1) is 17.7. The zero-order chi connectivity index (χ0) is 26.4. The molecule has 4 rings (SSSR count). The van der Waals surface area contributed by atoms with Crippen molar-refractivity contribution in [2.75, 3.05) is 19.6 Å². The molecule has 2 aliphatic heterocycles. The van der Waals surface area contributed by atoms with Crippen molar-refractivity contribution < 1.29 is 23.8 Å². The van der Waals surface area contributed by atoms with Gasteiger partial charge in [0.25, 0.3) is 0 Å². The predicted molar refractivity (Wildman–Crippen MR) is 142 cm³/mol. The largest absolute Gasteiger partial charge is 0.490 e. The van der Waals surface area contributed by atoms with Gasteiger partial charge in [-0.3, -0.25) is 0 Å². The molecule has 7 nitrogen and oxygen atoms in total. The quantitative estimate of drug-likeness (QED) is 0.457. The van der Waals surface area contributed by atoms with Crippen molar-refractivity contribution in [1.29, 1.82) is 0 Å². The number of hydrogen-bond acceptors (Lipinski definition) is 5. The highest BCUT2D eigenvalue weighted by molar-refractivity contribution is 5.69. The van der Waals surface area contributed by atoms with E-state index < -0.39 is 5.60 Å². The van der Waals surface area contributed by atoms with Crippen LogP contribution in [0.2, 0.25) is 0 Å². The van der Waals surface area contributed by atoms with E-state index in [9.17, 15) is 9.59 Å². The molecule has 2 fully saturated rings. The summed E-state index contributed by atoms with van der Waals surface area (Å²) >= 11 is 0. The van der Waals surface area contributed by atoms with Crippen molar-refractivity contribution in [2.24, 2.45) is 5.92 Å². The molecule has 0 saturated carbocycles. The molecule has 2 aliphatic rings. The highest BCUT2D eigenvalue weighted by atomic mass is 16.6. The normalized spacial score (nSPS) is 20.9. The van der Waals surface area contributed by atoms with Crippen molar-refractivity contribution in [1.82, 2.24) is 9.80 Å². The zero-order valence-electron chi connectivity index (χ0n) is 22.5. The van der Waals surface area contributed by atoms with Gasteiger partial charge in [0.05, 0.1) is 6.04 Å². The van der Waals surface area contributed by atoms with Crippen LogP contribution in [-0.4, -0.2) is 53.3 Å². The third-order valence-corrected chi connectivity index (χ3v) is 6.90. The first-order valence-corrected chi connectivity index (χ1v) is 13.4. The maximum absolute atomic E-state index is 13.0. The van der Waals surface area contributed by atoms with Crippen LogP contribution >= 0.6 is 0 Å². The van der Waals surface area contributed by atoms with E-state index in [-0.39, 0.29) is 30.9 Å². The molecular weight excluding hydrogens is 468 g/mol. The monoisotopic (exact) mass is 508 g/mol. The standard InChI is InChI=1S/C30H40N2O5/c1-22-13-14-27(32(20-22)29(34)37-30(2,3)4)24-11-8-12-26(19-24)36-25-15-17-31(18-16-25)28(33)35-21-23-9-6-5-7-10-23/h5-12,19,22,25,27H,13-18,20-21H2,1-4H3/t22-,27+/m0/s1. The SMILES string of the molecule is C[C@H]1CC[C@H](c2cccc(OC3CCN(C(=O)OCc4ccccc4)CC3)c2)N(C(=O)OC(C)(C)C)C1. The highest BCUT2D eigenvalue weighted by Crippen LogP contribution is 2.36. The fraction of sp³-hybridized carbons (Fsp3) is 0.533. The number of likely N-dealkylation sites (tertiary alicyclic amines) is 2. The molecule has 0 unspecified atom stereocenters. The molecule has 0 bridgehead atoms. The Morgan fingerprint density at radius 2 is 1.65 bits per heavy atom. The molecule has 0 aliphatic carbocycles. The second-order valence-corrected chi connectivity index (χ2v) is 11.2. The Labute approximate surface area is 220 Å². The van der Waals surface area contributed by atoms with Crippen molar-refractivity contribution in [2.45, 2.75) is 77.7 Å². The molecular formula is C30H40N2O5. The van der Waals surface area contributed by atoms with E-state index >= 15 is 0 Å². The molecule has 2 heterocycles. The van der Waals surface area contributed by atoms with Gasteiger partial charge in [0.2, 0.25) is 0 Å². The second-order valence-electron chi connectivity index (χ2n) is 11.2. The lowest BCUT2D eigenvalue weighted by molar-refractivity contribution is 0.00353. The summed E-state index contributed by atoms with van der Waals surface area (Å²) in [4.78, 5) is 29.1. The smallest absolute Gasteiger partial charge is 0.410 e. The van der Waals surface area contributed by atoms with E-state index in [1.165, 1.54) is 0 Å². The Bertz CT molecular complexity index is 1040. The minimum atomic E-state index is -0.532. The average Bonchev–Trinajstić information content (AvgIpc) is 2.87. The Morgan fingerprint density at radius 3 is 2.35 bits per heavy atom. The number of rotatable bonds is 5. The fourth-order valence-corrected chi connectivity index (χ4v) is 4.98. The lowest BCUT2D eigenvalue weighted by atomic mass is 9.90. The average molecular weight is 509 g/mol. The molecule has 2 atom stereocenters. The van der Waals surface area contributed by atoms with E-state index in [4.69, 9.17) is 14.2 Å². The van der Waals surface area contributed by atoms with Gasteiger partial charge in [0.15, 0.2) is 0 Å². The molecule has 2 amide bonds. The zero-order valence-corrected chi connectivity index (χ0v) is 22.5. The van der Waals surface area contributed by atoms with Crippen molar-refractivity contribution in [3.8, 4) is 5.75 Å². The van der Waals surface area contributed by atoms with Gasteiger partial charge < -0.3 is 24.0 Å². The maximum atomic E-state index is 13.0. The summed E-state index contributed by atoms with van der Waals surface area (Å²) in [5.74, 6) is 1.23. The van der Waals surface area contributed by atoms with Crippen LogP contribution in [0, 0.1) is 5.92 Å². The summed E-state index contributed by atoms with van der Waals surface area (Å²) in [5, 5.41) is 0. The molecule has 0 N–H and O–H groups in total. The van der Waals surface area contributed by atoms with Crippen LogP contribution in [0.4, 0.5) is 9.59 Å². The predicted octanol–water partition coefficient (Wildman–Crippen LogP) is 6.57. The van der Waals surface area contributed by atoms with Crippen molar-refractivity contribution in [3.63, 3.8) is 0 Å². The topological polar surface area (TPSA) is 68.3 Å². The summed E-state index contributed by atoms with van der Waals surface area (Å²) in [6.45, 7) is 10.0. The lowest BCUT2D eigenvalue weighted by Gasteiger charge is -2.39. The molecule has 2 aromatic rings. The Balaban J connectivity index is 1.32. The first kappa shape index (κ1) is 26.8. The fourth-order valence-electron chi connectivity index (χ4n) is 4.98. The van der Waals surface area contributed by atoms with Gasteiger partial charge in [0, 0.05) is 32.5 Å². The van der Waals surface area contributed by atoms with Crippen molar-refractivity contribution in [3.05, 3.63) is 65.7 Å². The number of benzene rings is 2. The van der Waals surface area contributed by atoms with Gasteiger partial charge in [-0.1, -0.05) is 49.4 Å². The third-order valence-electron chi connectivity index (χ3n) is 6.90. The summed E-state index contributed by atoms with van der Waals surface area (Å²) in [5.41, 5.74) is 1.51. The summed E-state index contributed by atoms with van der Waals surface area (Å²) in [6, 6.07) is 17.8. The number of carbonyl (C=O) groups excluding carboxylic acids is 2. The lowest BCUT2D eigenvalue weighted by Crippen LogP contribution is -2.44. The Morgan fingerprint density at radius 1 is 0.919 bits per heavy atom. The minimum Gasteiger partial charge on any atom is -0.490 e. The van der Waals surface area contributed by atoms with Crippen LogP contribution in [0.1, 0.15) is 70.5 Å². The van der Waals surface area contributed by atoms with Crippen LogP contribution in [0.5, 0.6) is 5.75 Å². The van der Waals surface area contributed by atoms with E-state index in [0.717, 1.165) is 42.6 Å². The Hall–Kier alpha value is -3.22. The Kier molecular flexibility index (Phi) is 8.62. The molecule has 0 spiro atoms. The van der Waals surface area contributed by atoms with E-state index in [0.29, 0.717) is 25.6 Å². The van der Waals surface area contributed by atoms with Gasteiger partial charge in [-0.2, -0.15) is 0 Å². The maximum Gasteiger partial charge on any atom is 0.410 e. The van der Waals surface area contributed by atoms with Crippen molar-refractivity contribution >= 4 is 12.2 Å². The van der Waals surface area contributed by atoms with Crippen LogP contribution in [-0.2, 0) is 16.1 Å². The molecule has 0 aromatic heterocycles. The van der Waals surface area contributed by atoms with Crippen LogP contribution in [0.15, 0.2) is 54.6 Å². The van der Waals surface area contributed by atoms with E-state index in [1.807, 2.05) is 68.1 Å².